The molecule has 0 saturated carbocycles. The molecule has 8 heteroatoms. The summed E-state index contributed by atoms with van der Waals surface area (Å²) in [5.74, 6) is -0.789. The van der Waals surface area contributed by atoms with Crippen molar-refractivity contribution in [2.45, 2.75) is 44.4 Å². The molecule has 0 amide bonds. The van der Waals surface area contributed by atoms with Crippen LogP contribution in [0.3, 0.4) is 0 Å². The van der Waals surface area contributed by atoms with Gasteiger partial charge in [0.15, 0.2) is 29.7 Å². The van der Waals surface area contributed by atoms with Gasteiger partial charge in [0, 0.05) is 48.3 Å². The van der Waals surface area contributed by atoms with Crippen LogP contribution >= 0.6 is 15.9 Å². The number of nitrogens with zero attached hydrogens (tertiary/aromatic N) is 1. The standard InChI is InChI=1S/C23H24BrNO6/c1-25-14-5-3-7-16(26)21(14)20(22-15(25)6-4-8-17(22)27)12-9-13(24)23(18(10-12)30-2)31-11-19(28)29/h9-10,20H,3-8,11H2,1-2H3,(H,28,29). The molecule has 7 nitrogen and oxygen atoms in total. The lowest BCUT2D eigenvalue weighted by molar-refractivity contribution is -0.139. The minimum atomic E-state index is -1.10. The van der Waals surface area contributed by atoms with Gasteiger partial charge in [-0.25, -0.2) is 4.79 Å². The van der Waals surface area contributed by atoms with Crippen molar-refractivity contribution in [1.82, 2.24) is 4.90 Å². The van der Waals surface area contributed by atoms with Gasteiger partial charge in [-0.3, -0.25) is 9.59 Å². The van der Waals surface area contributed by atoms with Gasteiger partial charge in [0.2, 0.25) is 0 Å². The van der Waals surface area contributed by atoms with Crippen LogP contribution in [0.1, 0.15) is 50.0 Å². The molecular weight excluding hydrogens is 466 g/mol. The third-order valence-corrected chi connectivity index (χ3v) is 6.76. The topological polar surface area (TPSA) is 93.1 Å². The maximum Gasteiger partial charge on any atom is 0.341 e. The minimum absolute atomic E-state index is 0.0734. The van der Waals surface area contributed by atoms with Crippen molar-refractivity contribution >= 4 is 33.5 Å². The summed E-state index contributed by atoms with van der Waals surface area (Å²) in [4.78, 5) is 39.1. The van der Waals surface area contributed by atoms with Gasteiger partial charge in [-0.1, -0.05) is 0 Å². The van der Waals surface area contributed by atoms with Gasteiger partial charge in [0.1, 0.15) is 0 Å². The van der Waals surface area contributed by atoms with Crippen LogP contribution in [-0.4, -0.2) is 48.3 Å². The van der Waals surface area contributed by atoms with Gasteiger partial charge < -0.3 is 19.5 Å². The van der Waals surface area contributed by atoms with Crippen LogP contribution in [0.25, 0.3) is 0 Å². The van der Waals surface area contributed by atoms with E-state index >= 15 is 0 Å². The number of aliphatic carboxylic acids is 1. The second-order valence-electron chi connectivity index (χ2n) is 7.98. The number of ether oxygens (including phenoxy) is 2. The lowest BCUT2D eigenvalue weighted by Crippen LogP contribution is -2.37. The third kappa shape index (κ3) is 3.78. The first kappa shape index (κ1) is 21.6. The molecule has 3 aliphatic rings. The molecule has 31 heavy (non-hydrogen) atoms. The highest BCUT2D eigenvalue weighted by molar-refractivity contribution is 9.10. The van der Waals surface area contributed by atoms with Crippen LogP contribution in [0.2, 0.25) is 0 Å². The molecule has 1 aromatic rings. The SMILES string of the molecule is COc1cc(C2C3=C(CCCC3=O)N(C)C3=C2C(=O)CCC3)cc(Br)c1OCC(=O)O. The molecule has 0 unspecified atom stereocenters. The number of carbonyl (C=O) groups excluding carboxylic acids is 2. The zero-order valence-electron chi connectivity index (χ0n) is 17.5. The molecule has 1 N–H and O–H groups in total. The molecule has 164 valence electrons. The van der Waals surface area contributed by atoms with E-state index in [0.717, 1.165) is 42.6 Å². The monoisotopic (exact) mass is 489 g/mol. The maximum absolute atomic E-state index is 13.1. The third-order valence-electron chi connectivity index (χ3n) is 6.17. The summed E-state index contributed by atoms with van der Waals surface area (Å²) < 4.78 is 11.4. The molecule has 0 fully saturated rings. The zero-order chi connectivity index (χ0) is 22.3. The smallest absolute Gasteiger partial charge is 0.341 e. The van der Waals surface area contributed by atoms with E-state index in [0.29, 0.717) is 34.2 Å². The lowest BCUT2D eigenvalue weighted by Gasteiger charge is -2.42. The molecule has 0 spiro atoms. The van der Waals surface area contributed by atoms with E-state index in [-0.39, 0.29) is 17.3 Å². The number of ketones is 2. The van der Waals surface area contributed by atoms with E-state index in [4.69, 9.17) is 14.6 Å². The van der Waals surface area contributed by atoms with E-state index in [1.165, 1.54) is 7.11 Å². The number of allylic oxidation sites excluding steroid dienone is 4. The van der Waals surface area contributed by atoms with E-state index in [1.807, 2.05) is 7.05 Å². The van der Waals surface area contributed by atoms with E-state index < -0.39 is 18.5 Å². The Bertz CT molecular complexity index is 997. The van der Waals surface area contributed by atoms with Crippen molar-refractivity contribution in [3.63, 3.8) is 0 Å². The van der Waals surface area contributed by atoms with Crippen molar-refractivity contribution in [2.24, 2.45) is 0 Å². The van der Waals surface area contributed by atoms with Crippen LogP contribution in [0, 0.1) is 0 Å². The van der Waals surface area contributed by atoms with Crippen molar-refractivity contribution in [3.8, 4) is 11.5 Å². The molecule has 1 heterocycles. The number of rotatable bonds is 5. The Balaban J connectivity index is 1.89. The number of carbonyl (C=O) groups is 3. The highest BCUT2D eigenvalue weighted by atomic mass is 79.9. The molecule has 0 atom stereocenters. The van der Waals surface area contributed by atoms with Crippen LogP contribution in [-0.2, 0) is 14.4 Å². The summed E-state index contributed by atoms with van der Waals surface area (Å²) in [5.41, 5.74) is 4.13. The number of methoxy groups -OCH3 is 1. The molecule has 0 bridgehead atoms. The molecule has 0 saturated heterocycles. The maximum atomic E-state index is 13.1. The van der Waals surface area contributed by atoms with E-state index in [9.17, 15) is 14.4 Å². The Morgan fingerprint density at radius 3 is 2.19 bits per heavy atom. The predicted octanol–water partition coefficient (Wildman–Crippen LogP) is 3.96. The van der Waals surface area contributed by atoms with E-state index in [2.05, 4.69) is 20.8 Å². The first-order valence-electron chi connectivity index (χ1n) is 10.3. The van der Waals surface area contributed by atoms with Gasteiger partial charge in [0.05, 0.1) is 11.6 Å². The average Bonchev–Trinajstić information content (AvgIpc) is 2.73. The summed E-state index contributed by atoms with van der Waals surface area (Å²) in [7, 11) is 3.43. The predicted molar refractivity (Wildman–Crippen MR) is 116 cm³/mol. The molecule has 4 rings (SSSR count). The summed E-state index contributed by atoms with van der Waals surface area (Å²) >= 11 is 3.46. The number of hydrogen-bond acceptors (Lipinski definition) is 6. The highest BCUT2D eigenvalue weighted by Gasteiger charge is 2.42. The number of Topliss-reactive ketones (excluding diaryl/α,β-unsaturated/α-hetero) is 2. The van der Waals surface area contributed by atoms with Crippen molar-refractivity contribution in [3.05, 3.63) is 44.7 Å². The average molecular weight is 490 g/mol. The second-order valence-corrected chi connectivity index (χ2v) is 8.84. The Labute approximate surface area is 188 Å². The normalized spacial score (nSPS) is 19.4. The Kier molecular flexibility index (Phi) is 5.92. The number of hydrogen-bond donors (Lipinski definition) is 1. The van der Waals surface area contributed by atoms with Crippen molar-refractivity contribution in [1.29, 1.82) is 0 Å². The fourth-order valence-electron chi connectivity index (χ4n) is 4.87. The van der Waals surface area contributed by atoms with Crippen molar-refractivity contribution < 1.29 is 29.0 Å². The summed E-state index contributed by atoms with van der Waals surface area (Å²) in [6, 6.07) is 3.55. The van der Waals surface area contributed by atoms with Gasteiger partial charge in [-0.15, -0.1) is 0 Å². The molecule has 0 aromatic heterocycles. The first-order valence-corrected chi connectivity index (χ1v) is 11.1. The molecule has 1 aromatic carbocycles. The molecule has 0 radical (unpaired) electrons. The summed E-state index contributed by atoms with van der Waals surface area (Å²) in [5, 5.41) is 8.96. The minimum Gasteiger partial charge on any atom is -0.493 e. The largest absolute Gasteiger partial charge is 0.493 e. The number of halogens is 1. The second kappa shape index (κ2) is 8.49. The number of carboxylic acids is 1. The van der Waals surface area contributed by atoms with Gasteiger partial charge in [0.25, 0.3) is 0 Å². The summed E-state index contributed by atoms with van der Waals surface area (Å²) in [6.07, 6.45) is 4.16. The van der Waals surface area contributed by atoms with E-state index in [1.54, 1.807) is 12.1 Å². The molecule has 1 aliphatic heterocycles. The number of benzene rings is 1. The number of carboxylic acid groups (broad SMARTS) is 1. The molecular formula is C23H24BrNO6. The lowest BCUT2D eigenvalue weighted by atomic mass is 9.71. The fraction of sp³-hybridized carbons (Fsp3) is 0.435. The van der Waals surface area contributed by atoms with Crippen molar-refractivity contribution in [2.75, 3.05) is 20.8 Å². The first-order chi connectivity index (χ1) is 14.8. The van der Waals surface area contributed by atoms with Crippen LogP contribution in [0.5, 0.6) is 11.5 Å². The zero-order valence-corrected chi connectivity index (χ0v) is 19.1. The molecule has 2 aliphatic carbocycles. The van der Waals surface area contributed by atoms with Gasteiger partial charge >= 0.3 is 5.97 Å². The van der Waals surface area contributed by atoms with Crippen LogP contribution in [0.4, 0.5) is 0 Å². The Morgan fingerprint density at radius 2 is 1.68 bits per heavy atom. The van der Waals surface area contributed by atoms with Gasteiger partial charge in [-0.05, 0) is 59.3 Å². The Hall–Kier alpha value is -2.61. The quantitative estimate of drug-likeness (QED) is 0.668. The van der Waals surface area contributed by atoms with Gasteiger partial charge in [-0.2, -0.15) is 0 Å². The highest BCUT2D eigenvalue weighted by Crippen LogP contribution is 2.50. The van der Waals surface area contributed by atoms with Crippen LogP contribution in [0.15, 0.2) is 39.1 Å². The summed E-state index contributed by atoms with van der Waals surface area (Å²) in [6.45, 7) is -0.510. The fourth-order valence-corrected chi connectivity index (χ4v) is 5.44. The van der Waals surface area contributed by atoms with Crippen LogP contribution < -0.4 is 9.47 Å². The Morgan fingerprint density at radius 1 is 1.10 bits per heavy atom.